The van der Waals surface area contributed by atoms with Crippen LogP contribution in [0.25, 0.3) is 0 Å². The van der Waals surface area contributed by atoms with Crippen molar-refractivity contribution in [3.63, 3.8) is 0 Å². The number of nitrogens with zero attached hydrogens (tertiary/aromatic N) is 2. The van der Waals surface area contributed by atoms with Gasteiger partial charge in [-0.2, -0.15) is 5.10 Å². The van der Waals surface area contributed by atoms with Gasteiger partial charge in [-0.1, -0.05) is 23.2 Å². The standard InChI is InChI=1S/C14H15Cl2N3OS/c1-8-6-13(19(3)18-8)17-14(20)9(2)21-12-7-10(15)4-5-11(12)16/h4-7,9H,1-3H3,(H,17,20). The molecule has 2 rings (SSSR count). The number of aromatic nitrogens is 2. The van der Waals surface area contributed by atoms with Crippen molar-refractivity contribution < 1.29 is 4.79 Å². The summed E-state index contributed by atoms with van der Waals surface area (Å²) in [5, 5.41) is 7.91. The molecule has 21 heavy (non-hydrogen) atoms. The lowest BCUT2D eigenvalue weighted by molar-refractivity contribution is -0.115. The predicted molar refractivity (Wildman–Crippen MR) is 88.4 cm³/mol. The van der Waals surface area contributed by atoms with Crippen LogP contribution in [0.2, 0.25) is 10.0 Å². The molecular weight excluding hydrogens is 329 g/mol. The highest BCUT2D eigenvalue weighted by atomic mass is 35.5. The summed E-state index contributed by atoms with van der Waals surface area (Å²) in [4.78, 5) is 13.0. The first-order chi connectivity index (χ1) is 9.86. The fourth-order valence-electron chi connectivity index (χ4n) is 1.77. The van der Waals surface area contributed by atoms with E-state index < -0.39 is 0 Å². The molecule has 1 aromatic heterocycles. The fraction of sp³-hybridized carbons (Fsp3) is 0.286. The smallest absolute Gasteiger partial charge is 0.238 e. The molecule has 112 valence electrons. The van der Waals surface area contributed by atoms with Crippen LogP contribution in [0, 0.1) is 6.92 Å². The third kappa shape index (κ3) is 4.15. The number of carbonyl (C=O) groups excluding carboxylic acids is 1. The van der Waals surface area contributed by atoms with E-state index in [1.807, 2.05) is 19.9 Å². The van der Waals surface area contributed by atoms with Crippen molar-refractivity contribution in [1.82, 2.24) is 9.78 Å². The summed E-state index contributed by atoms with van der Waals surface area (Å²) in [7, 11) is 1.79. The van der Waals surface area contributed by atoms with Crippen molar-refractivity contribution in [1.29, 1.82) is 0 Å². The zero-order chi connectivity index (χ0) is 15.6. The Labute approximate surface area is 137 Å². The van der Waals surface area contributed by atoms with Gasteiger partial charge in [0.2, 0.25) is 5.91 Å². The molecule has 1 amide bonds. The first-order valence-electron chi connectivity index (χ1n) is 6.30. The number of thioether (sulfide) groups is 1. The number of nitrogens with one attached hydrogen (secondary N) is 1. The van der Waals surface area contributed by atoms with Gasteiger partial charge in [-0.15, -0.1) is 11.8 Å². The average molecular weight is 344 g/mol. The van der Waals surface area contributed by atoms with Crippen molar-refractivity contribution >= 4 is 46.7 Å². The number of carbonyl (C=O) groups is 1. The molecule has 1 atom stereocenters. The van der Waals surface area contributed by atoms with Gasteiger partial charge >= 0.3 is 0 Å². The van der Waals surface area contributed by atoms with Gasteiger partial charge in [-0.05, 0) is 32.0 Å². The Morgan fingerprint density at radius 2 is 2.10 bits per heavy atom. The molecule has 2 aromatic rings. The topological polar surface area (TPSA) is 46.9 Å². The third-order valence-corrected chi connectivity index (χ3v) is 4.66. The van der Waals surface area contributed by atoms with Crippen LogP contribution in [0.1, 0.15) is 12.6 Å². The molecule has 1 aromatic carbocycles. The second kappa shape index (κ2) is 6.73. The second-order valence-electron chi connectivity index (χ2n) is 4.62. The van der Waals surface area contributed by atoms with E-state index >= 15 is 0 Å². The molecule has 0 saturated carbocycles. The molecule has 1 heterocycles. The Hall–Kier alpha value is -1.17. The number of benzene rings is 1. The van der Waals surface area contributed by atoms with Gasteiger partial charge in [0, 0.05) is 23.0 Å². The molecule has 0 aliphatic rings. The summed E-state index contributed by atoms with van der Waals surface area (Å²) in [6.07, 6.45) is 0. The van der Waals surface area contributed by atoms with E-state index in [9.17, 15) is 4.79 Å². The Bertz CT molecular complexity index is 672. The number of halogens is 2. The van der Waals surface area contributed by atoms with E-state index in [1.54, 1.807) is 29.9 Å². The average Bonchev–Trinajstić information content (AvgIpc) is 2.72. The first kappa shape index (κ1) is 16.2. The van der Waals surface area contributed by atoms with E-state index in [1.165, 1.54) is 11.8 Å². The lowest BCUT2D eigenvalue weighted by atomic mass is 10.4. The normalized spacial score (nSPS) is 12.2. The molecular formula is C14H15Cl2N3OS. The Morgan fingerprint density at radius 1 is 1.38 bits per heavy atom. The van der Waals surface area contributed by atoms with Gasteiger partial charge < -0.3 is 5.32 Å². The van der Waals surface area contributed by atoms with Crippen LogP contribution >= 0.6 is 35.0 Å². The van der Waals surface area contributed by atoms with E-state index in [0.29, 0.717) is 15.9 Å². The molecule has 0 spiro atoms. The summed E-state index contributed by atoms with van der Waals surface area (Å²) < 4.78 is 1.64. The highest BCUT2D eigenvalue weighted by Gasteiger charge is 2.17. The van der Waals surface area contributed by atoms with E-state index in [0.717, 1.165) is 10.6 Å². The lowest BCUT2D eigenvalue weighted by Gasteiger charge is -2.13. The van der Waals surface area contributed by atoms with E-state index in [2.05, 4.69) is 10.4 Å². The van der Waals surface area contributed by atoms with Crippen LogP contribution in [0.15, 0.2) is 29.2 Å². The number of anilines is 1. The predicted octanol–water partition coefficient (Wildman–Crippen LogP) is 4.15. The molecule has 0 aliphatic carbocycles. The van der Waals surface area contributed by atoms with Crippen LogP contribution in [-0.2, 0) is 11.8 Å². The van der Waals surface area contributed by atoms with E-state index in [-0.39, 0.29) is 11.2 Å². The zero-order valence-electron chi connectivity index (χ0n) is 11.9. The lowest BCUT2D eigenvalue weighted by Crippen LogP contribution is -2.23. The minimum atomic E-state index is -0.309. The van der Waals surface area contributed by atoms with Crippen molar-refractivity contribution in [2.45, 2.75) is 24.0 Å². The minimum Gasteiger partial charge on any atom is -0.310 e. The molecule has 4 nitrogen and oxygen atoms in total. The molecule has 0 fully saturated rings. The maximum atomic E-state index is 12.2. The SMILES string of the molecule is Cc1cc(NC(=O)C(C)Sc2cc(Cl)ccc2Cl)n(C)n1. The molecule has 0 saturated heterocycles. The molecule has 0 aliphatic heterocycles. The number of aryl methyl sites for hydroxylation is 2. The summed E-state index contributed by atoms with van der Waals surface area (Å²) >= 11 is 13.4. The van der Waals surface area contributed by atoms with Crippen LogP contribution in [0.3, 0.4) is 0 Å². The summed E-state index contributed by atoms with van der Waals surface area (Å²) in [5.41, 5.74) is 0.853. The number of hydrogen-bond acceptors (Lipinski definition) is 3. The molecule has 7 heteroatoms. The van der Waals surface area contributed by atoms with Gasteiger partial charge in [0.15, 0.2) is 0 Å². The van der Waals surface area contributed by atoms with Gasteiger partial charge in [-0.3, -0.25) is 9.48 Å². The maximum absolute atomic E-state index is 12.2. The largest absolute Gasteiger partial charge is 0.310 e. The van der Waals surface area contributed by atoms with Crippen LogP contribution < -0.4 is 5.32 Å². The third-order valence-electron chi connectivity index (χ3n) is 2.82. The van der Waals surface area contributed by atoms with Gasteiger partial charge in [-0.25, -0.2) is 0 Å². The minimum absolute atomic E-state index is 0.112. The Morgan fingerprint density at radius 3 is 2.71 bits per heavy atom. The monoisotopic (exact) mass is 343 g/mol. The molecule has 1 N–H and O–H groups in total. The maximum Gasteiger partial charge on any atom is 0.238 e. The fourth-order valence-corrected chi connectivity index (χ4v) is 3.18. The second-order valence-corrected chi connectivity index (χ2v) is 6.84. The number of hydrogen-bond donors (Lipinski definition) is 1. The molecule has 0 bridgehead atoms. The number of amides is 1. The summed E-state index contributed by atoms with van der Waals surface area (Å²) in [5.74, 6) is 0.557. The van der Waals surface area contributed by atoms with Crippen molar-refractivity contribution in [3.05, 3.63) is 40.0 Å². The molecule has 1 unspecified atom stereocenters. The quantitative estimate of drug-likeness (QED) is 0.848. The zero-order valence-corrected chi connectivity index (χ0v) is 14.2. The van der Waals surface area contributed by atoms with Gasteiger partial charge in [0.05, 0.1) is 16.0 Å². The van der Waals surface area contributed by atoms with Crippen LogP contribution in [0.4, 0.5) is 5.82 Å². The first-order valence-corrected chi connectivity index (χ1v) is 7.93. The Kier molecular flexibility index (Phi) is 5.19. The molecule has 0 radical (unpaired) electrons. The van der Waals surface area contributed by atoms with Crippen molar-refractivity contribution in [3.8, 4) is 0 Å². The van der Waals surface area contributed by atoms with Gasteiger partial charge in [0.25, 0.3) is 0 Å². The van der Waals surface area contributed by atoms with Crippen LogP contribution in [0.5, 0.6) is 0 Å². The number of rotatable bonds is 4. The van der Waals surface area contributed by atoms with E-state index in [4.69, 9.17) is 23.2 Å². The van der Waals surface area contributed by atoms with Gasteiger partial charge in [0.1, 0.15) is 5.82 Å². The highest BCUT2D eigenvalue weighted by molar-refractivity contribution is 8.00. The summed E-state index contributed by atoms with van der Waals surface area (Å²) in [6, 6.07) is 7.02. The van der Waals surface area contributed by atoms with Crippen molar-refractivity contribution in [2.75, 3.05) is 5.32 Å². The van der Waals surface area contributed by atoms with Crippen LogP contribution in [-0.4, -0.2) is 20.9 Å². The highest BCUT2D eigenvalue weighted by Crippen LogP contribution is 2.33. The Balaban J connectivity index is 2.06. The summed E-state index contributed by atoms with van der Waals surface area (Å²) in [6.45, 7) is 3.69. The van der Waals surface area contributed by atoms with Crippen molar-refractivity contribution in [2.24, 2.45) is 7.05 Å².